The molecule has 1 aliphatic carbocycles. The number of hydrogen-bond acceptors (Lipinski definition) is 6. The van der Waals surface area contributed by atoms with Crippen LogP contribution in [0.15, 0.2) is 145 Å². The molecule has 0 bridgehead atoms. The van der Waals surface area contributed by atoms with Gasteiger partial charge in [-0.3, -0.25) is 0 Å². The first-order valence-electron chi connectivity index (χ1n) is 14.1. The summed E-state index contributed by atoms with van der Waals surface area (Å²) < 4.78 is 31.6. The fourth-order valence-corrected chi connectivity index (χ4v) is 4.80. The molecule has 4 aromatic carbocycles. The first-order valence-corrected chi connectivity index (χ1v) is 14.7. The molecule has 1 heterocycles. The zero-order chi connectivity index (χ0) is 30.5. The van der Waals surface area contributed by atoms with Crippen molar-refractivity contribution in [3.63, 3.8) is 0 Å². The zero-order valence-corrected chi connectivity index (χ0v) is 27.1. The van der Waals surface area contributed by atoms with Gasteiger partial charge in [0.2, 0.25) is 0 Å². The summed E-state index contributed by atoms with van der Waals surface area (Å²) in [7, 11) is 0. The molecule has 1 aliphatic heterocycles. The van der Waals surface area contributed by atoms with Crippen LogP contribution in [0.3, 0.4) is 0 Å². The Bertz CT molecular complexity index is 1360. The molecular formula is C36H37ClO6Ti. The molecule has 6 rings (SSSR count). The second kappa shape index (κ2) is 17.8. The van der Waals surface area contributed by atoms with E-state index in [9.17, 15) is 5.11 Å². The van der Waals surface area contributed by atoms with E-state index in [2.05, 4.69) is 0 Å². The second-order valence-corrected chi connectivity index (χ2v) is 10.3. The molecular weight excluding hydrogens is 612 g/mol. The maximum atomic E-state index is 10.8. The summed E-state index contributed by atoms with van der Waals surface area (Å²) in [5, 5.41) is 10.8. The third-order valence-corrected chi connectivity index (χ3v) is 6.86. The predicted molar refractivity (Wildman–Crippen MR) is 168 cm³/mol. The average molecular weight is 649 g/mol. The minimum absolute atomic E-state index is 0. The molecule has 2 aliphatic rings. The van der Waals surface area contributed by atoms with Crippen molar-refractivity contribution < 1.29 is 47.8 Å². The van der Waals surface area contributed by atoms with Crippen LogP contribution in [0.2, 0.25) is 0 Å². The number of aliphatic hydroxyl groups is 1. The van der Waals surface area contributed by atoms with Crippen LogP contribution in [0, 0.1) is 0 Å². The SMILES string of the molecule is CC1(C)OCCO1.Cl.OC1=CC=C(OC(c2ccccc2)c2ccccc2)[C@H]1OC(c1ccccc1)c1ccccc1.[O]=[Ti]. The fourth-order valence-electron chi connectivity index (χ4n) is 4.80. The Morgan fingerprint density at radius 2 is 1.02 bits per heavy atom. The third-order valence-electron chi connectivity index (χ3n) is 6.86. The quantitative estimate of drug-likeness (QED) is 0.194. The normalized spacial score (nSPS) is 16.4. The Kier molecular flexibility index (Phi) is 14.2. The van der Waals surface area contributed by atoms with E-state index in [1.165, 1.54) is 0 Å². The molecule has 4 aromatic rings. The van der Waals surface area contributed by atoms with Crippen molar-refractivity contribution >= 4 is 12.4 Å². The monoisotopic (exact) mass is 648 g/mol. The van der Waals surface area contributed by atoms with Crippen molar-refractivity contribution in [1.82, 2.24) is 0 Å². The van der Waals surface area contributed by atoms with Crippen LogP contribution in [-0.4, -0.2) is 30.2 Å². The van der Waals surface area contributed by atoms with Crippen molar-refractivity contribution in [3.05, 3.63) is 167 Å². The number of aliphatic hydroxyl groups excluding tert-OH is 1. The Labute approximate surface area is 277 Å². The van der Waals surface area contributed by atoms with Crippen molar-refractivity contribution in [2.24, 2.45) is 0 Å². The molecule has 0 unspecified atom stereocenters. The topological polar surface area (TPSA) is 74.2 Å². The zero-order valence-electron chi connectivity index (χ0n) is 24.7. The summed E-state index contributed by atoms with van der Waals surface area (Å²) in [4.78, 5) is 0. The van der Waals surface area contributed by atoms with Crippen molar-refractivity contribution in [1.29, 1.82) is 0 Å². The fraction of sp³-hybridized carbons (Fsp3) is 0.222. The molecule has 6 nitrogen and oxygen atoms in total. The molecule has 0 aromatic heterocycles. The molecule has 0 saturated carbocycles. The molecule has 0 amide bonds. The van der Waals surface area contributed by atoms with Gasteiger partial charge in [-0.05, 0) is 48.3 Å². The van der Waals surface area contributed by atoms with Gasteiger partial charge in [-0.2, -0.15) is 0 Å². The number of halogens is 1. The van der Waals surface area contributed by atoms with Gasteiger partial charge in [0.15, 0.2) is 11.9 Å². The predicted octanol–water partition coefficient (Wildman–Crippen LogP) is 8.38. The van der Waals surface area contributed by atoms with Gasteiger partial charge in [-0.1, -0.05) is 121 Å². The summed E-state index contributed by atoms with van der Waals surface area (Å²) in [6.07, 6.45) is 2.05. The van der Waals surface area contributed by atoms with Gasteiger partial charge in [0.05, 0.1) is 13.2 Å². The summed E-state index contributed by atoms with van der Waals surface area (Å²) in [6, 6.07) is 40.3. The average Bonchev–Trinajstić information content (AvgIpc) is 3.64. The van der Waals surface area contributed by atoms with Crippen molar-refractivity contribution in [3.8, 4) is 0 Å². The van der Waals surface area contributed by atoms with Gasteiger partial charge in [0.25, 0.3) is 0 Å². The molecule has 1 N–H and O–H groups in total. The van der Waals surface area contributed by atoms with Crippen LogP contribution in [0.1, 0.15) is 48.3 Å². The summed E-state index contributed by atoms with van der Waals surface area (Å²) in [5.41, 5.74) is 4.08. The van der Waals surface area contributed by atoms with Crippen LogP contribution < -0.4 is 0 Å². The first kappa shape index (κ1) is 35.1. The van der Waals surface area contributed by atoms with Crippen LogP contribution in [0.5, 0.6) is 0 Å². The van der Waals surface area contributed by atoms with Crippen LogP contribution in [0.25, 0.3) is 0 Å². The molecule has 0 spiro atoms. The second-order valence-electron chi connectivity index (χ2n) is 10.3. The number of ether oxygens (including phenoxy) is 4. The van der Waals surface area contributed by atoms with Crippen LogP contribution >= 0.6 is 12.4 Å². The molecule has 228 valence electrons. The van der Waals surface area contributed by atoms with E-state index >= 15 is 0 Å². The standard InChI is InChI=1S/C31H26O3.C5H10O2.ClH.O.Ti/c32-27-21-22-28(33-29(23-13-5-1-6-14-23)24-15-7-2-8-16-24)31(27)34-30(25-17-9-3-10-18-25)26-19-11-4-12-20-26;1-5(2)6-3-4-7-5;;;/h1-22,29-32H;3-4H2,1-2H3;1H;;/t31-;;;;/m0..../s1. The van der Waals surface area contributed by atoms with Gasteiger partial charge >= 0.3 is 23.7 Å². The van der Waals surface area contributed by atoms with Gasteiger partial charge in [-0.25, -0.2) is 0 Å². The van der Waals surface area contributed by atoms with Gasteiger partial charge in [0, 0.05) is 0 Å². The summed E-state index contributed by atoms with van der Waals surface area (Å²) >= 11 is 0.750. The number of rotatable bonds is 8. The van der Waals surface area contributed by atoms with E-state index in [0.717, 1.165) is 55.9 Å². The van der Waals surface area contributed by atoms with E-state index in [1.54, 1.807) is 12.2 Å². The Morgan fingerprint density at radius 1 is 0.659 bits per heavy atom. The van der Waals surface area contributed by atoms with Crippen molar-refractivity contribution in [2.45, 2.75) is 37.9 Å². The van der Waals surface area contributed by atoms with E-state index in [1.807, 2.05) is 135 Å². The van der Waals surface area contributed by atoms with Crippen LogP contribution in [0.4, 0.5) is 0 Å². The number of hydrogen-bond donors (Lipinski definition) is 1. The Balaban J connectivity index is 0.000000461. The maximum absolute atomic E-state index is 10.8. The third kappa shape index (κ3) is 9.83. The molecule has 1 fully saturated rings. The number of benzene rings is 4. The van der Waals surface area contributed by atoms with E-state index in [0.29, 0.717) is 5.76 Å². The first-order chi connectivity index (χ1) is 21.0. The Hall–Kier alpha value is -3.36. The molecule has 44 heavy (non-hydrogen) atoms. The Morgan fingerprint density at radius 3 is 1.36 bits per heavy atom. The summed E-state index contributed by atoms with van der Waals surface area (Å²) in [5.74, 6) is 0.402. The van der Waals surface area contributed by atoms with Gasteiger partial charge in [0.1, 0.15) is 23.7 Å². The summed E-state index contributed by atoms with van der Waals surface area (Å²) in [6.45, 7) is 5.32. The van der Waals surface area contributed by atoms with E-state index in [4.69, 9.17) is 22.3 Å². The van der Waals surface area contributed by atoms with E-state index in [-0.39, 0.29) is 36.2 Å². The molecule has 1 saturated heterocycles. The molecule has 8 heteroatoms. The number of allylic oxidation sites excluding steroid dienone is 2. The van der Waals surface area contributed by atoms with Gasteiger partial charge in [-0.15, -0.1) is 12.4 Å². The molecule has 1 atom stereocenters. The van der Waals surface area contributed by atoms with Gasteiger partial charge < -0.3 is 24.1 Å². The van der Waals surface area contributed by atoms with Crippen LogP contribution in [-0.2, 0) is 42.7 Å². The molecule has 0 radical (unpaired) electrons. The van der Waals surface area contributed by atoms with E-state index < -0.39 is 6.10 Å². The van der Waals surface area contributed by atoms with Crippen molar-refractivity contribution in [2.75, 3.05) is 13.2 Å². The minimum atomic E-state index is -0.708.